The van der Waals surface area contributed by atoms with E-state index in [9.17, 15) is 9.59 Å². The van der Waals surface area contributed by atoms with Gasteiger partial charge in [-0.25, -0.2) is 4.79 Å². The zero-order valence-corrected chi connectivity index (χ0v) is 12.1. The van der Waals surface area contributed by atoms with E-state index in [0.717, 1.165) is 23.3 Å². The molecule has 0 aromatic heterocycles. The van der Waals surface area contributed by atoms with Gasteiger partial charge in [-0.05, 0) is 11.1 Å². The SMILES string of the molecule is O=C(O)/C=C\C(=O)N(Cc1ccccc1)Cc1ccccc1. The van der Waals surface area contributed by atoms with Gasteiger partial charge in [-0.3, -0.25) is 4.79 Å². The van der Waals surface area contributed by atoms with Gasteiger partial charge < -0.3 is 10.0 Å². The highest BCUT2D eigenvalue weighted by molar-refractivity contribution is 5.93. The summed E-state index contributed by atoms with van der Waals surface area (Å²) in [4.78, 5) is 24.4. The summed E-state index contributed by atoms with van der Waals surface area (Å²) >= 11 is 0. The molecule has 0 radical (unpaired) electrons. The van der Waals surface area contributed by atoms with E-state index in [4.69, 9.17) is 5.11 Å². The molecule has 0 aliphatic rings. The smallest absolute Gasteiger partial charge is 0.328 e. The fraction of sp³-hybridized carbons (Fsp3) is 0.111. The second-order valence-electron chi connectivity index (χ2n) is 4.84. The molecule has 0 atom stereocenters. The molecular weight excluding hydrogens is 278 g/mol. The van der Waals surface area contributed by atoms with E-state index in [2.05, 4.69) is 0 Å². The van der Waals surface area contributed by atoms with Crippen molar-refractivity contribution in [2.24, 2.45) is 0 Å². The van der Waals surface area contributed by atoms with Crippen LogP contribution in [0.3, 0.4) is 0 Å². The van der Waals surface area contributed by atoms with E-state index < -0.39 is 5.97 Å². The Kier molecular flexibility index (Phi) is 5.49. The summed E-state index contributed by atoms with van der Waals surface area (Å²) in [5.74, 6) is -1.46. The number of carbonyl (C=O) groups excluding carboxylic acids is 1. The second kappa shape index (κ2) is 7.78. The molecule has 0 saturated heterocycles. The van der Waals surface area contributed by atoms with Crippen LogP contribution in [-0.4, -0.2) is 21.9 Å². The molecule has 0 unspecified atom stereocenters. The highest BCUT2D eigenvalue weighted by Crippen LogP contribution is 2.10. The Morgan fingerprint density at radius 1 is 0.818 bits per heavy atom. The number of benzene rings is 2. The van der Waals surface area contributed by atoms with Crippen LogP contribution in [0.4, 0.5) is 0 Å². The van der Waals surface area contributed by atoms with Gasteiger partial charge in [0.2, 0.25) is 5.91 Å². The van der Waals surface area contributed by atoms with Gasteiger partial charge in [0.05, 0.1) is 0 Å². The number of hydrogen-bond acceptors (Lipinski definition) is 2. The lowest BCUT2D eigenvalue weighted by atomic mass is 10.1. The van der Waals surface area contributed by atoms with Gasteiger partial charge in [-0.15, -0.1) is 0 Å². The molecule has 4 nitrogen and oxygen atoms in total. The average Bonchev–Trinajstić information content (AvgIpc) is 2.54. The monoisotopic (exact) mass is 295 g/mol. The van der Waals surface area contributed by atoms with Crippen molar-refractivity contribution < 1.29 is 14.7 Å². The minimum atomic E-state index is -1.13. The van der Waals surface area contributed by atoms with Crippen molar-refractivity contribution in [3.8, 4) is 0 Å². The maximum absolute atomic E-state index is 12.2. The molecule has 2 rings (SSSR count). The molecule has 0 saturated carbocycles. The molecule has 4 heteroatoms. The van der Waals surface area contributed by atoms with Crippen LogP contribution in [0.25, 0.3) is 0 Å². The zero-order chi connectivity index (χ0) is 15.8. The number of carboxylic acid groups (broad SMARTS) is 1. The summed E-state index contributed by atoms with van der Waals surface area (Å²) in [5, 5.41) is 8.67. The van der Waals surface area contributed by atoms with Crippen LogP contribution in [0.15, 0.2) is 72.8 Å². The van der Waals surface area contributed by atoms with Crippen molar-refractivity contribution in [1.82, 2.24) is 4.90 Å². The number of carboxylic acids is 1. The van der Waals surface area contributed by atoms with Gasteiger partial charge in [-0.2, -0.15) is 0 Å². The third-order valence-corrected chi connectivity index (χ3v) is 3.11. The molecule has 1 N–H and O–H groups in total. The van der Waals surface area contributed by atoms with Crippen molar-refractivity contribution in [3.05, 3.63) is 83.9 Å². The topological polar surface area (TPSA) is 57.6 Å². The quantitative estimate of drug-likeness (QED) is 0.834. The molecule has 2 aromatic rings. The Morgan fingerprint density at radius 2 is 1.27 bits per heavy atom. The number of rotatable bonds is 6. The molecule has 1 amide bonds. The van der Waals surface area contributed by atoms with Gasteiger partial charge in [-0.1, -0.05) is 60.7 Å². The first-order valence-electron chi connectivity index (χ1n) is 6.93. The van der Waals surface area contributed by atoms with E-state index in [0.29, 0.717) is 13.1 Å². The van der Waals surface area contributed by atoms with Crippen molar-refractivity contribution in [2.45, 2.75) is 13.1 Å². The van der Waals surface area contributed by atoms with Crippen molar-refractivity contribution in [2.75, 3.05) is 0 Å². The van der Waals surface area contributed by atoms with Crippen molar-refractivity contribution in [1.29, 1.82) is 0 Å². The number of aliphatic carboxylic acids is 1. The average molecular weight is 295 g/mol. The Morgan fingerprint density at radius 3 is 1.68 bits per heavy atom. The fourth-order valence-corrected chi connectivity index (χ4v) is 2.07. The molecule has 22 heavy (non-hydrogen) atoms. The first-order valence-corrected chi connectivity index (χ1v) is 6.93. The summed E-state index contributed by atoms with van der Waals surface area (Å²) in [6, 6.07) is 19.2. The summed E-state index contributed by atoms with van der Waals surface area (Å²) in [5.41, 5.74) is 1.99. The lowest BCUT2D eigenvalue weighted by Gasteiger charge is -2.21. The molecule has 0 fully saturated rings. The lowest BCUT2D eigenvalue weighted by Crippen LogP contribution is -2.28. The lowest BCUT2D eigenvalue weighted by molar-refractivity contribution is -0.132. The van der Waals surface area contributed by atoms with Crippen LogP contribution in [0.2, 0.25) is 0 Å². The normalized spacial score (nSPS) is 10.5. The number of amides is 1. The fourth-order valence-electron chi connectivity index (χ4n) is 2.07. The van der Waals surface area contributed by atoms with Crippen LogP contribution < -0.4 is 0 Å². The molecule has 112 valence electrons. The minimum absolute atomic E-state index is 0.324. The predicted octanol–water partition coefficient (Wildman–Crippen LogP) is 2.86. The second-order valence-corrected chi connectivity index (χ2v) is 4.84. The maximum Gasteiger partial charge on any atom is 0.328 e. The van der Waals surface area contributed by atoms with Crippen LogP contribution in [-0.2, 0) is 22.7 Å². The highest BCUT2D eigenvalue weighted by Gasteiger charge is 2.12. The van der Waals surface area contributed by atoms with Crippen molar-refractivity contribution >= 4 is 11.9 Å². The highest BCUT2D eigenvalue weighted by atomic mass is 16.4. The van der Waals surface area contributed by atoms with E-state index in [1.54, 1.807) is 4.90 Å². The molecule has 2 aromatic carbocycles. The molecule has 0 aliphatic carbocycles. The first kappa shape index (κ1) is 15.5. The van der Waals surface area contributed by atoms with Crippen molar-refractivity contribution in [3.63, 3.8) is 0 Å². The number of hydrogen-bond donors (Lipinski definition) is 1. The largest absolute Gasteiger partial charge is 0.478 e. The third kappa shape index (κ3) is 4.90. The Bertz CT molecular complexity index is 609. The van der Waals surface area contributed by atoms with E-state index in [1.807, 2.05) is 60.7 Å². The summed E-state index contributed by atoms with van der Waals surface area (Å²) in [6.07, 6.45) is 1.96. The van der Waals surface area contributed by atoms with Gasteiger partial charge in [0.25, 0.3) is 0 Å². The Labute approximate surface area is 129 Å². The van der Waals surface area contributed by atoms with E-state index in [1.165, 1.54) is 0 Å². The number of nitrogens with zero attached hydrogens (tertiary/aromatic N) is 1. The van der Waals surface area contributed by atoms with Gasteiger partial charge in [0.15, 0.2) is 0 Å². The standard InChI is InChI=1S/C18H17NO3/c20-17(11-12-18(21)22)19(13-15-7-3-1-4-8-15)14-16-9-5-2-6-10-16/h1-12H,13-14H2,(H,21,22)/b12-11-. The molecular formula is C18H17NO3. The number of carbonyl (C=O) groups is 2. The predicted molar refractivity (Wildman–Crippen MR) is 83.9 cm³/mol. The van der Waals surface area contributed by atoms with Gasteiger partial charge in [0.1, 0.15) is 0 Å². The first-order chi connectivity index (χ1) is 10.6. The minimum Gasteiger partial charge on any atom is -0.478 e. The summed E-state index contributed by atoms with van der Waals surface area (Å²) in [6.45, 7) is 0.858. The van der Waals surface area contributed by atoms with E-state index in [-0.39, 0.29) is 5.91 Å². The van der Waals surface area contributed by atoms with Crippen LogP contribution in [0, 0.1) is 0 Å². The Hall–Kier alpha value is -2.88. The van der Waals surface area contributed by atoms with Crippen LogP contribution in [0.1, 0.15) is 11.1 Å². The third-order valence-electron chi connectivity index (χ3n) is 3.11. The summed E-state index contributed by atoms with van der Waals surface area (Å²) < 4.78 is 0. The zero-order valence-electron chi connectivity index (χ0n) is 12.1. The van der Waals surface area contributed by atoms with E-state index >= 15 is 0 Å². The maximum atomic E-state index is 12.2. The van der Waals surface area contributed by atoms with Crippen LogP contribution >= 0.6 is 0 Å². The molecule has 0 spiro atoms. The van der Waals surface area contributed by atoms with Crippen LogP contribution in [0.5, 0.6) is 0 Å². The molecule has 0 aliphatic heterocycles. The summed E-state index contributed by atoms with van der Waals surface area (Å²) in [7, 11) is 0. The Balaban J connectivity index is 2.16. The molecule has 0 bridgehead atoms. The van der Waals surface area contributed by atoms with Gasteiger partial charge in [0, 0.05) is 25.2 Å². The van der Waals surface area contributed by atoms with Gasteiger partial charge >= 0.3 is 5.97 Å². The molecule has 0 heterocycles.